The Bertz CT molecular complexity index is 1370. The number of hydrogen-bond donors (Lipinski definition) is 0. The molecule has 0 radical (unpaired) electrons. The lowest BCUT2D eigenvalue weighted by molar-refractivity contribution is -0.141. The van der Waals surface area contributed by atoms with E-state index in [2.05, 4.69) is 50.4 Å². The van der Waals surface area contributed by atoms with Crippen LogP contribution in [0.25, 0.3) is 22.6 Å². The van der Waals surface area contributed by atoms with E-state index in [9.17, 15) is 13.2 Å². The molecule has 1 aliphatic rings. The zero-order valence-electron chi connectivity index (χ0n) is 27.5. The third kappa shape index (κ3) is 8.12. The summed E-state index contributed by atoms with van der Waals surface area (Å²) in [6.45, 7) is 16.3. The zero-order valence-corrected chi connectivity index (χ0v) is 28.5. The molecule has 4 rings (SSSR count). The van der Waals surface area contributed by atoms with Gasteiger partial charge in [-0.3, -0.25) is 4.98 Å². The van der Waals surface area contributed by atoms with Gasteiger partial charge in [0.2, 0.25) is 0 Å². The molecular weight excluding hydrogens is 583 g/mol. The molecule has 3 aromatic rings. The highest BCUT2D eigenvalue weighted by molar-refractivity contribution is 6.76. The molecule has 2 heterocycles. The maximum absolute atomic E-state index is 13.7. The number of benzene rings is 1. The smallest absolute Gasteiger partial charge is 0.435 e. The standard InChI is InChI=1S/C34H48F3N3O3Si/c1-24-30(34(35,36)37)39-31(40(24)23-42-19-20-44(6,7)8)26-11-14-29(38-21-26)25-9-12-27(13-10-25)43-28-15-17-33(18-16-28,22-41-5)32(2,3)4/h9-14,21,28H,15-20,22-23H2,1-8H3/t28-,33-. The third-order valence-electron chi connectivity index (χ3n) is 9.08. The first-order chi connectivity index (χ1) is 20.5. The van der Waals surface area contributed by atoms with Crippen molar-refractivity contribution in [2.45, 2.75) is 98.1 Å². The summed E-state index contributed by atoms with van der Waals surface area (Å²) >= 11 is 0. The Hall–Kier alpha value is -2.69. The molecule has 0 atom stereocenters. The van der Waals surface area contributed by atoms with Crippen LogP contribution in [0.2, 0.25) is 25.7 Å². The second-order valence-electron chi connectivity index (χ2n) is 14.4. The van der Waals surface area contributed by atoms with Gasteiger partial charge in [-0.2, -0.15) is 13.2 Å². The van der Waals surface area contributed by atoms with Gasteiger partial charge in [0.15, 0.2) is 5.69 Å². The lowest BCUT2D eigenvalue weighted by Gasteiger charge is -2.48. The number of halogens is 3. The Labute approximate surface area is 261 Å². The van der Waals surface area contributed by atoms with Crippen molar-refractivity contribution in [1.29, 1.82) is 0 Å². The van der Waals surface area contributed by atoms with Crippen molar-refractivity contribution >= 4 is 8.07 Å². The molecule has 10 heteroatoms. The van der Waals surface area contributed by atoms with Crippen molar-refractivity contribution in [3.63, 3.8) is 0 Å². The molecule has 0 saturated heterocycles. The minimum absolute atomic E-state index is 0.00249. The van der Waals surface area contributed by atoms with Crippen LogP contribution in [0.5, 0.6) is 5.75 Å². The number of ether oxygens (including phenoxy) is 3. The predicted octanol–water partition coefficient (Wildman–Crippen LogP) is 9.25. The van der Waals surface area contributed by atoms with Gasteiger partial charge in [0, 0.05) is 44.8 Å². The Morgan fingerprint density at radius 3 is 2.14 bits per heavy atom. The molecule has 0 unspecified atom stereocenters. The molecular formula is C34H48F3N3O3Si. The average Bonchev–Trinajstić information content (AvgIpc) is 3.28. The summed E-state index contributed by atoms with van der Waals surface area (Å²) in [6, 6.07) is 12.3. The van der Waals surface area contributed by atoms with Gasteiger partial charge < -0.3 is 18.8 Å². The molecule has 0 aliphatic heterocycles. The maximum atomic E-state index is 13.7. The Morgan fingerprint density at radius 1 is 0.977 bits per heavy atom. The molecule has 2 aromatic heterocycles. The normalized spacial score (nSPS) is 19.8. The van der Waals surface area contributed by atoms with Crippen LogP contribution in [0.4, 0.5) is 13.2 Å². The van der Waals surface area contributed by atoms with Gasteiger partial charge in [0.25, 0.3) is 0 Å². The lowest BCUT2D eigenvalue weighted by Crippen LogP contribution is -2.44. The van der Waals surface area contributed by atoms with E-state index in [-0.39, 0.29) is 35.2 Å². The Kier molecular flexibility index (Phi) is 10.4. The van der Waals surface area contributed by atoms with Crippen LogP contribution in [0, 0.1) is 17.8 Å². The Morgan fingerprint density at radius 2 is 1.61 bits per heavy atom. The van der Waals surface area contributed by atoms with E-state index in [1.165, 1.54) is 11.5 Å². The van der Waals surface area contributed by atoms with Crippen molar-refractivity contribution < 1.29 is 27.4 Å². The van der Waals surface area contributed by atoms with Crippen LogP contribution >= 0.6 is 0 Å². The number of aromatic nitrogens is 3. The van der Waals surface area contributed by atoms with Crippen molar-refractivity contribution in [3.8, 4) is 28.4 Å². The van der Waals surface area contributed by atoms with Crippen molar-refractivity contribution in [2.24, 2.45) is 10.8 Å². The van der Waals surface area contributed by atoms with Gasteiger partial charge in [-0.15, -0.1) is 0 Å². The fourth-order valence-electron chi connectivity index (χ4n) is 5.96. The number of imidazole rings is 1. The SMILES string of the molecule is COC[C@]1(C(C)(C)C)CC[C@H](Oc2ccc(-c3ccc(-c4nc(C(F)(F)F)c(C)n4COCC[Si](C)(C)C)cn3)cc2)CC1. The predicted molar refractivity (Wildman–Crippen MR) is 171 cm³/mol. The molecule has 1 fully saturated rings. The van der Waals surface area contributed by atoms with E-state index in [0.29, 0.717) is 17.9 Å². The van der Waals surface area contributed by atoms with Crippen LogP contribution in [0.1, 0.15) is 57.8 Å². The maximum Gasteiger partial charge on any atom is 0.435 e. The fraction of sp³-hybridized carbons (Fsp3) is 0.588. The van der Waals surface area contributed by atoms with E-state index >= 15 is 0 Å². The minimum Gasteiger partial charge on any atom is -0.490 e. The topological polar surface area (TPSA) is 58.4 Å². The summed E-state index contributed by atoms with van der Waals surface area (Å²) in [4.78, 5) is 8.56. The van der Waals surface area contributed by atoms with Gasteiger partial charge in [-0.1, -0.05) is 40.4 Å². The average molecular weight is 632 g/mol. The van der Waals surface area contributed by atoms with Gasteiger partial charge in [-0.25, -0.2) is 4.98 Å². The summed E-state index contributed by atoms with van der Waals surface area (Å²) in [5.74, 6) is 1.01. The van der Waals surface area contributed by atoms with Crippen LogP contribution in [-0.4, -0.2) is 49.0 Å². The first kappa shape index (κ1) is 34.2. The van der Waals surface area contributed by atoms with E-state index in [4.69, 9.17) is 14.2 Å². The second-order valence-corrected chi connectivity index (χ2v) is 20.0. The zero-order chi connectivity index (χ0) is 32.3. The summed E-state index contributed by atoms with van der Waals surface area (Å²) in [7, 11) is 0.452. The molecule has 0 amide bonds. The molecule has 0 N–H and O–H groups in total. The molecule has 1 aromatic carbocycles. The van der Waals surface area contributed by atoms with Crippen molar-refractivity contribution in [2.75, 3.05) is 20.3 Å². The van der Waals surface area contributed by atoms with Crippen LogP contribution in [0.15, 0.2) is 42.6 Å². The summed E-state index contributed by atoms with van der Waals surface area (Å²) in [6.07, 6.45) is 1.28. The fourth-order valence-corrected chi connectivity index (χ4v) is 6.71. The van der Waals surface area contributed by atoms with Crippen LogP contribution in [-0.2, 0) is 22.4 Å². The molecule has 6 nitrogen and oxygen atoms in total. The summed E-state index contributed by atoms with van der Waals surface area (Å²) in [5.41, 5.74) is 1.56. The number of hydrogen-bond acceptors (Lipinski definition) is 5. The first-order valence-corrected chi connectivity index (χ1v) is 19.2. The second kappa shape index (κ2) is 13.3. The van der Waals surface area contributed by atoms with Crippen molar-refractivity contribution in [3.05, 3.63) is 54.0 Å². The largest absolute Gasteiger partial charge is 0.490 e. The number of rotatable bonds is 11. The minimum atomic E-state index is -4.56. The summed E-state index contributed by atoms with van der Waals surface area (Å²) < 4.78 is 60.5. The number of methoxy groups -OCH3 is 1. The molecule has 242 valence electrons. The lowest BCUT2D eigenvalue weighted by atomic mass is 9.59. The van der Waals surface area contributed by atoms with Gasteiger partial charge >= 0.3 is 6.18 Å². The molecule has 44 heavy (non-hydrogen) atoms. The number of pyridine rings is 1. The molecule has 0 spiro atoms. The highest BCUT2D eigenvalue weighted by atomic mass is 28.3. The highest BCUT2D eigenvalue weighted by Gasteiger charge is 2.45. The van der Waals surface area contributed by atoms with Gasteiger partial charge in [0.1, 0.15) is 18.3 Å². The van der Waals surface area contributed by atoms with Crippen LogP contribution in [0.3, 0.4) is 0 Å². The van der Waals surface area contributed by atoms with Gasteiger partial charge in [0.05, 0.1) is 18.4 Å². The molecule has 1 aliphatic carbocycles. The van der Waals surface area contributed by atoms with Crippen molar-refractivity contribution in [1.82, 2.24) is 14.5 Å². The quantitative estimate of drug-likeness (QED) is 0.156. The van der Waals surface area contributed by atoms with E-state index in [1.807, 2.05) is 30.3 Å². The van der Waals surface area contributed by atoms with Crippen LogP contribution < -0.4 is 4.74 Å². The Balaban J connectivity index is 1.44. The highest BCUT2D eigenvalue weighted by Crippen LogP contribution is 2.50. The van der Waals surface area contributed by atoms with E-state index in [1.54, 1.807) is 19.4 Å². The van der Waals surface area contributed by atoms with Gasteiger partial charge in [-0.05, 0) is 85.9 Å². The molecule has 0 bridgehead atoms. The van der Waals surface area contributed by atoms with E-state index < -0.39 is 19.9 Å². The number of nitrogens with zero attached hydrogens (tertiary/aromatic N) is 3. The molecule has 1 saturated carbocycles. The monoisotopic (exact) mass is 631 g/mol. The number of alkyl halides is 3. The first-order valence-electron chi connectivity index (χ1n) is 15.5. The third-order valence-corrected chi connectivity index (χ3v) is 10.8. The summed E-state index contributed by atoms with van der Waals surface area (Å²) in [5, 5.41) is 0. The van der Waals surface area contributed by atoms with E-state index in [0.717, 1.165) is 49.6 Å².